The van der Waals surface area contributed by atoms with Gasteiger partial charge in [-0.25, -0.2) is 8.42 Å². The van der Waals surface area contributed by atoms with Gasteiger partial charge in [0.05, 0.1) is 10.6 Å². The maximum absolute atomic E-state index is 13.8. The Kier molecular flexibility index (Phi) is 9.82. The molecule has 0 aliphatic rings. The quantitative estimate of drug-likeness (QED) is 0.348. The Morgan fingerprint density at radius 2 is 1.53 bits per heavy atom. The lowest BCUT2D eigenvalue weighted by molar-refractivity contribution is -0.139. The van der Waals surface area contributed by atoms with Crippen molar-refractivity contribution in [3.8, 4) is 0 Å². The molecule has 0 bridgehead atoms. The topological polar surface area (TPSA) is 86.8 Å². The van der Waals surface area contributed by atoms with E-state index in [9.17, 15) is 18.0 Å². The number of nitrogens with zero attached hydrogens (tertiary/aromatic N) is 2. The number of hydrogen-bond donors (Lipinski definition) is 1. The molecular formula is C28H31Cl2N3O4S. The molecule has 38 heavy (non-hydrogen) atoms. The number of aryl methyl sites for hydroxylation is 1. The molecule has 1 atom stereocenters. The van der Waals surface area contributed by atoms with E-state index in [-0.39, 0.29) is 23.4 Å². The number of rotatable bonds is 10. The lowest BCUT2D eigenvalue weighted by Gasteiger charge is -2.32. The van der Waals surface area contributed by atoms with Gasteiger partial charge in [-0.05, 0) is 81.8 Å². The molecule has 3 rings (SSSR count). The van der Waals surface area contributed by atoms with E-state index in [0.29, 0.717) is 21.3 Å². The fourth-order valence-electron chi connectivity index (χ4n) is 3.79. The molecule has 10 heteroatoms. The number of anilines is 1. The highest BCUT2D eigenvalue weighted by molar-refractivity contribution is 7.92. The van der Waals surface area contributed by atoms with E-state index in [1.807, 2.05) is 20.8 Å². The highest BCUT2D eigenvalue weighted by Gasteiger charge is 2.32. The Balaban J connectivity index is 2.02. The molecule has 0 radical (unpaired) electrons. The maximum atomic E-state index is 13.8. The van der Waals surface area contributed by atoms with Crippen molar-refractivity contribution in [1.29, 1.82) is 0 Å². The van der Waals surface area contributed by atoms with Crippen molar-refractivity contribution in [3.05, 3.63) is 94.0 Å². The summed E-state index contributed by atoms with van der Waals surface area (Å²) in [6.07, 6.45) is 0. The van der Waals surface area contributed by atoms with Crippen molar-refractivity contribution in [1.82, 2.24) is 10.2 Å². The molecular weight excluding hydrogens is 545 g/mol. The largest absolute Gasteiger partial charge is 0.352 e. The predicted molar refractivity (Wildman–Crippen MR) is 152 cm³/mol. The van der Waals surface area contributed by atoms with Crippen molar-refractivity contribution in [2.24, 2.45) is 0 Å². The second-order valence-corrected chi connectivity index (χ2v) is 12.0. The summed E-state index contributed by atoms with van der Waals surface area (Å²) >= 11 is 12.1. The van der Waals surface area contributed by atoms with Crippen molar-refractivity contribution in [3.63, 3.8) is 0 Å². The van der Waals surface area contributed by atoms with Gasteiger partial charge >= 0.3 is 0 Å². The minimum absolute atomic E-state index is 0.0118. The molecule has 3 aromatic rings. The second-order valence-electron chi connectivity index (χ2n) is 9.29. The van der Waals surface area contributed by atoms with Crippen molar-refractivity contribution < 1.29 is 18.0 Å². The fourth-order valence-corrected chi connectivity index (χ4v) is 5.55. The first-order valence-electron chi connectivity index (χ1n) is 12.1. The maximum Gasteiger partial charge on any atom is 0.264 e. The highest BCUT2D eigenvalue weighted by atomic mass is 35.5. The van der Waals surface area contributed by atoms with E-state index >= 15 is 0 Å². The van der Waals surface area contributed by atoms with Gasteiger partial charge in [0.2, 0.25) is 11.8 Å². The zero-order chi connectivity index (χ0) is 28.0. The van der Waals surface area contributed by atoms with Crippen molar-refractivity contribution >= 4 is 50.7 Å². The molecule has 0 aliphatic carbocycles. The smallest absolute Gasteiger partial charge is 0.264 e. The van der Waals surface area contributed by atoms with Crippen molar-refractivity contribution in [2.75, 3.05) is 10.8 Å². The van der Waals surface area contributed by atoms with Crippen LogP contribution in [0.15, 0.2) is 77.7 Å². The van der Waals surface area contributed by atoms with E-state index in [1.54, 1.807) is 55.5 Å². The van der Waals surface area contributed by atoms with Crippen molar-refractivity contribution in [2.45, 2.75) is 51.2 Å². The summed E-state index contributed by atoms with van der Waals surface area (Å²) in [6.45, 7) is 6.69. The zero-order valence-corrected chi connectivity index (χ0v) is 24.0. The third-order valence-corrected chi connectivity index (χ3v) is 8.12. The first kappa shape index (κ1) is 29.5. The summed E-state index contributed by atoms with van der Waals surface area (Å²) in [4.78, 5) is 28.1. The molecule has 0 saturated heterocycles. The molecule has 0 aliphatic heterocycles. The third kappa shape index (κ3) is 7.49. The number of carbonyl (C=O) groups is 2. The Hall–Kier alpha value is -3.07. The van der Waals surface area contributed by atoms with Crippen LogP contribution in [0.25, 0.3) is 0 Å². The highest BCUT2D eigenvalue weighted by Crippen LogP contribution is 2.26. The molecule has 1 N–H and O–H groups in total. The molecule has 0 unspecified atom stereocenters. The Morgan fingerprint density at radius 1 is 0.895 bits per heavy atom. The monoisotopic (exact) mass is 575 g/mol. The molecule has 202 valence electrons. The van der Waals surface area contributed by atoms with Gasteiger partial charge in [0, 0.05) is 22.6 Å². The van der Waals surface area contributed by atoms with E-state index in [4.69, 9.17) is 23.2 Å². The van der Waals surface area contributed by atoms with Gasteiger partial charge in [-0.15, -0.1) is 0 Å². The van der Waals surface area contributed by atoms with Crippen LogP contribution in [0, 0.1) is 6.92 Å². The Morgan fingerprint density at radius 3 is 2.11 bits per heavy atom. The number of amides is 2. The van der Waals surface area contributed by atoms with Crippen LogP contribution >= 0.6 is 23.2 Å². The predicted octanol–water partition coefficient (Wildman–Crippen LogP) is 5.44. The van der Waals surface area contributed by atoms with Gasteiger partial charge in [0.25, 0.3) is 10.0 Å². The molecule has 0 heterocycles. The molecule has 0 spiro atoms. The summed E-state index contributed by atoms with van der Waals surface area (Å²) in [5.41, 5.74) is 1.96. The van der Waals surface area contributed by atoms with Crippen LogP contribution in [0.3, 0.4) is 0 Å². The minimum atomic E-state index is -4.15. The number of hydrogen-bond acceptors (Lipinski definition) is 4. The van der Waals surface area contributed by atoms with Gasteiger partial charge in [0.1, 0.15) is 12.6 Å². The number of nitrogens with one attached hydrogen (secondary N) is 1. The number of sulfonamides is 1. The van der Waals surface area contributed by atoms with Gasteiger partial charge in [-0.3, -0.25) is 13.9 Å². The molecule has 2 amide bonds. The van der Waals surface area contributed by atoms with Crippen LogP contribution in [-0.4, -0.2) is 43.8 Å². The van der Waals surface area contributed by atoms with Gasteiger partial charge in [0.15, 0.2) is 0 Å². The first-order chi connectivity index (χ1) is 17.9. The Bertz CT molecular complexity index is 1380. The normalized spacial score (nSPS) is 12.2. The minimum Gasteiger partial charge on any atom is -0.352 e. The summed E-state index contributed by atoms with van der Waals surface area (Å²) in [6, 6.07) is 18.5. The molecule has 3 aromatic carbocycles. The lowest BCUT2D eigenvalue weighted by Crippen LogP contribution is -2.52. The summed E-state index contributed by atoms with van der Waals surface area (Å²) in [7, 11) is -4.15. The van der Waals surface area contributed by atoms with Crippen LogP contribution in [0.1, 0.15) is 31.9 Å². The van der Waals surface area contributed by atoms with Crippen LogP contribution in [0.5, 0.6) is 0 Å². The average Bonchev–Trinajstić information content (AvgIpc) is 2.86. The average molecular weight is 577 g/mol. The van der Waals surface area contributed by atoms with Crippen LogP contribution < -0.4 is 9.62 Å². The summed E-state index contributed by atoms with van der Waals surface area (Å²) in [5.74, 6) is -0.896. The number of carbonyl (C=O) groups excluding carboxylic acids is 2. The van der Waals surface area contributed by atoms with Gasteiger partial charge < -0.3 is 10.2 Å². The summed E-state index contributed by atoms with van der Waals surface area (Å²) in [5, 5.41) is 3.70. The Labute approximate surface area is 234 Å². The van der Waals surface area contributed by atoms with Crippen LogP contribution in [-0.2, 0) is 26.2 Å². The van der Waals surface area contributed by atoms with Crippen LogP contribution in [0.2, 0.25) is 10.0 Å². The van der Waals surface area contributed by atoms with Crippen LogP contribution in [0.4, 0.5) is 5.69 Å². The van der Waals surface area contributed by atoms with E-state index in [2.05, 4.69) is 5.32 Å². The van der Waals surface area contributed by atoms with E-state index in [1.165, 1.54) is 29.2 Å². The molecule has 7 nitrogen and oxygen atoms in total. The van der Waals surface area contributed by atoms with Gasteiger partial charge in [-0.2, -0.15) is 0 Å². The third-order valence-electron chi connectivity index (χ3n) is 5.84. The first-order valence-corrected chi connectivity index (χ1v) is 14.3. The van der Waals surface area contributed by atoms with Gasteiger partial charge in [-0.1, -0.05) is 53.0 Å². The fraction of sp³-hybridized carbons (Fsp3) is 0.286. The van der Waals surface area contributed by atoms with E-state index in [0.717, 1.165) is 9.87 Å². The SMILES string of the molecule is Cc1ccc(N(CC(=O)N(Cc2cccc(Cl)c2)[C@@H](C)C(=O)NC(C)C)S(=O)(=O)c2ccc(Cl)cc2)cc1. The number of benzene rings is 3. The standard InChI is InChI=1S/C28H31Cl2N3O4S/c1-19(2)31-28(35)21(4)32(17-22-6-5-7-24(30)16-22)27(34)18-33(25-12-8-20(3)9-13-25)38(36,37)26-14-10-23(29)11-15-26/h5-16,19,21H,17-18H2,1-4H3,(H,31,35)/t21-/m0/s1. The molecule has 0 saturated carbocycles. The molecule has 0 fully saturated rings. The number of halogens is 2. The zero-order valence-electron chi connectivity index (χ0n) is 21.7. The second kappa shape index (κ2) is 12.7. The lowest BCUT2D eigenvalue weighted by atomic mass is 10.1. The summed E-state index contributed by atoms with van der Waals surface area (Å²) < 4.78 is 28.6. The molecule has 0 aromatic heterocycles. The van der Waals surface area contributed by atoms with E-state index < -0.39 is 28.5 Å².